The number of aryl methyl sites for hydroxylation is 1. The number of amides is 1. The van der Waals surface area contributed by atoms with Crippen LogP contribution in [-0.2, 0) is 18.4 Å². The Hall–Kier alpha value is -1.41. The molecule has 0 saturated carbocycles. The van der Waals surface area contributed by atoms with Gasteiger partial charge in [0.2, 0.25) is 5.91 Å². The van der Waals surface area contributed by atoms with Gasteiger partial charge in [-0.1, -0.05) is 23.8 Å². The van der Waals surface area contributed by atoms with Crippen molar-refractivity contribution >= 4 is 39.9 Å². The molecule has 1 amide bonds. The van der Waals surface area contributed by atoms with E-state index in [-0.39, 0.29) is 23.2 Å². The molecule has 0 spiro atoms. The zero-order chi connectivity index (χ0) is 17.8. The number of rotatable bonds is 6. The van der Waals surface area contributed by atoms with Gasteiger partial charge in [-0.15, -0.1) is 12.4 Å². The van der Waals surface area contributed by atoms with E-state index in [2.05, 4.69) is 22.3 Å². The molecule has 1 fully saturated rings. The van der Waals surface area contributed by atoms with Gasteiger partial charge in [-0.2, -0.15) is 0 Å². The number of carbonyl (C=O) groups is 1. The molecule has 144 valence electrons. The van der Waals surface area contributed by atoms with E-state index in [9.17, 15) is 9.59 Å². The van der Waals surface area contributed by atoms with Crippen LogP contribution in [0.2, 0.25) is 0 Å². The molecule has 1 saturated heterocycles. The number of thiazole rings is 1. The number of fused-ring (bicyclic) bond motifs is 1. The van der Waals surface area contributed by atoms with Crippen LogP contribution in [0.15, 0.2) is 23.0 Å². The van der Waals surface area contributed by atoms with E-state index in [1.807, 2.05) is 13.1 Å². The molecule has 1 aliphatic rings. The van der Waals surface area contributed by atoms with Gasteiger partial charge in [-0.25, -0.2) is 0 Å². The van der Waals surface area contributed by atoms with Crippen molar-refractivity contribution in [1.29, 1.82) is 0 Å². The Kier molecular flexibility index (Phi) is 7.64. The quantitative estimate of drug-likeness (QED) is 0.778. The molecule has 8 heteroatoms. The molecular weight excluding hydrogens is 372 g/mol. The van der Waals surface area contributed by atoms with E-state index in [0.717, 1.165) is 29.7 Å². The van der Waals surface area contributed by atoms with Crippen molar-refractivity contribution in [2.24, 2.45) is 12.8 Å². The first kappa shape index (κ1) is 20.9. The summed E-state index contributed by atoms with van der Waals surface area (Å²) in [5, 5.41) is 3.01. The highest BCUT2D eigenvalue weighted by Gasteiger charge is 2.23. The SMILES string of the molecule is Cl.Cn1c(=O)sc2cc(CN3CCCCC3CNC(=O)CCN)ccc21. The summed E-state index contributed by atoms with van der Waals surface area (Å²) in [6.07, 6.45) is 3.88. The number of hydrogen-bond acceptors (Lipinski definition) is 5. The first-order valence-electron chi connectivity index (χ1n) is 8.88. The highest BCUT2D eigenvalue weighted by atomic mass is 35.5. The van der Waals surface area contributed by atoms with Gasteiger partial charge >= 0.3 is 4.87 Å². The lowest BCUT2D eigenvalue weighted by atomic mass is 10.0. The fraction of sp³-hybridized carbons (Fsp3) is 0.556. The molecule has 2 heterocycles. The Morgan fingerprint density at radius 3 is 2.96 bits per heavy atom. The minimum Gasteiger partial charge on any atom is -0.354 e. The third-order valence-electron chi connectivity index (χ3n) is 4.90. The van der Waals surface area contributed by atoms with Crippen LogP contribution >= 0.6 is 23.7 Å². The minimum absolute atomic E-state index is 0. The second-order valence-electron chi connectivity index (χ2n) is 6.69. The molecule has 6 nitrogen and oxygen atoms in total. The van der Waals surface area contributed by atoms with Crippen molar-refractivity contribution in [3.8, 4) is 0 Å². The van der Waals surface area contributed by atoms with E-state index in [4.69, 9.17) is 5.73 Å². The number of nitrogens with zero attached hydrogens (tertiary/aromatic N) is 2. The lowest BCUT2D eigenvalue weighted by Gasteiger charge is -2.36. The van der Waals surface area contributed by atoms with Gasteiger partial charge in [0, 0.05) is 39.1 Å². The van der Waals surface area contributed by atoms with Gasteiger partial charge in [0.05, 0.1) is 10.2 Å². The normalized spacial score (nSPS) is 17.8. The average Bonchev–Trinajstić information content (AvgIpc) is 2.88. The summed E-state index contributed by atoms with van der Waals surface area (Å²) in [5.41, 5.74) is 7.64. The molecule has 26 heavy (non-hydrogen) atoms. The smallest absolute Gasteiger partial charge is 0.307 e. The van der Waals surface area contributed by atoms with E-state index < -0.39 is 0 Å². The Balaban J connectivity index is 0.00000243. The number of halogens is 1. The van der Waals surface area contributed by atoms with Crippen molar-refractivity contribution in [1.82, 2.24) is 14.8 Å². The van der Waals surface area contributed by atoms with Crippen LogP contribution in [0.1, 0.15) is 31.2 Å². The maximum Gasteiger partial charge on any atom is 0.307 e. The van der Waals surface area contributed by atoms with E-state index >= 15 is 0 Å². The molecule has 0 bridgehead atoms. The van der Waals surface area contributed by atoms with Gasteiger partial charge in [0.25, 0.3) is 0 Å². The molecule has 1 atom stereocenters. The van der Waals surface area contributed by atoms with Gasteiger partial charge < -0.3 is 15.6 Å². The maximum absolute atomic E-state index is 11.8. The van der Waals surface area contributed by atoms with Crippen molar-refractivity contribution in [2.75, 3.05) is 19.6 Å². The van der Waals surface area contributed by atoms with Crippen LogP contribution in [0.3, 0.4) is 0 Å². The van der Waals surface area contributed by atoms with Crippen molar-refractivity contribution < 1.29 is 4.79 Å². The van der Waals surface area contributed by atoms with E-state index in [0.29, 0.717) is 25.6 Å². The third-order valence-corrected chi connectivity index (χ3v) is 5.89. The first-order chi connectivity index (χ1) is 12.1. The largest absolute Gasteiger partial charge is 0.354 e. The molecule has 1 aromatic carbocycles. The van der Waals surface area contributed by atoms with Crippen LogP contribution < -0.4 is 15.9 Å². The average molecular weight is 399 g/mol. The summed E-state index contributed by atoms with van der Waals surface area (Å²) in [7, 11) is 1.81. The summed E-state index contributed by atoms with van der Waals surface area (Å²) in [6, 6.07) is 6.62. The number of hydrogen-bond donors (Lipinski definition) is 2. The van der Waals surface area contributed by atoms with Gasteiger partial charge in [0.1, 0.15) is 0 Å². The second-order valence-corrected chi connectivity index (χ2v) is 7.69. The van der Waals surface area contributed by atoms with Gasteiger partial charge in [-0.3, -0.25) is 14.5 Å². The number of nitrogens with one attached hydrogen (secondary N) is 1. The Morgan fingerprint density at radius 2 is 2.19 bits per heavy atom. The molecule has 0 radical (unpaired) electrons. The van der Waals surface area contributed by atoms with E-state index in [1.165, 1.54) is 29.7 Å². The van der Waals surface area contributed by atoms with Crippen molar-refractivity contribution in [3.63, 3.8) is 0 Å². The number of benzene rings is 1. The fourth-order valence-electron chi connectivity index (χ4n) is 3.46. The lowest BCUT2D eigenvalue weighted by molar-refractivity contribution is -0.121. The lowest BCUT2D eigenvalue weighted by Crippen LogP contribution is -2.46. The molecule has 2 aromatic rings. The predicted octanol–water partition coefficient (Wildman–Crippen LogP) is 1.84. The van der Waals surface area contributed by atoms with Crippen molar-refractivity contribution in [2.45, 2.75) is 38.3 Å². The van der Waals surface area contributed by atoms with Crippen LogP contribution in [0.4, 0.5) is 0 Å². The van der Waals surface area contributed by atoms with Crippen LogP contribution in [0.5, 0.6) is 0 Å². The number of piperidine rings is 1. The zero-order valence-electron chi connectivity index (χ0n) is 15.1. The highest BCUT2D eigenvalue weighted by Crippen LogP contribution is 2.23. The molecule has 0 aliphatic carbocycles. The van der Waals surface area contributed by atoms with Crippen LogP contribution in [-0.4, -0.2) is 41.1 Å². The van der Waals surface area contributed by atoms with Gasteiger partial charge in [-0.05, 0) is 37.1 Å². The number of nitrogens with two attached hydrogens (primary N) is 1. The number of carbonyl (C=O) groups excluding carboxylic acids is 1. The second kappa shape index (κ2) is 9.50. The molecule has 1 unspecified atom stereocenters. The highest BCUT2D eigenvalue weighted by molar-refractivity contribution is 7.16. The monoisotopic (exact) mass is 398 g/mol. The number of aromatic nitrogens is 1. The summed E-state index contributed by atoms with van der Waals surface area (Å²) in [4.78, 5) is 26.0. The molecule has 1 aliphatic heterocycles. The van der Waals surface area contributed by atoms with Crippen LogP contribution in [0, 0.1) is 0 Å². The van der Waals surface area contributed by atoms with E-state index in [1.54, 1.807) is 4.57 Å². The van der Waals surface area contributed by atoms with Gasteiger partial charge in [0.15, 0.2) is 0 Å². The maximum atomic E-state index is 11.8. The minimum atomic E-state index is 0. The Bertz CT molecular complexity index is 804. The summed E-state index contributed by atoms with van der Waals surface area (Å²) < 4.78 is 2.73. The predicted molar refractivity (Wildman–Crippen MR) is 109 cm³/mol. The molecular formula is C18H27ClN4O2S. The Morgan fingerprint density at radius 1 is 1.38 bits per heavy atom. The standard InChI is InChI=1S/C18H26N4O2S.ClH/c1-21-15-6-5-13(10-16(15)25-18(21)24)12-22-9-3-2-4-14(22)11-20-17(23)7-8-19;/h5-6,10,14H,2-4,7-9,11-12,19H2,1H3,(H,20,23);1H. The van der Waals surface area contributed by atoms with Crippen LogP contribution in [0.25, 0.3) is 10.2 Å². The zero-order valence-corrected chi connectivity index (χ0v) is 16.7. The van der Waals surface area contributed by atoms with Crippen molar-refractivity contribution in [3.05, 3.63) is 33.4 Å². The summed E-state index contributed by atoms with van der Waals surface area (Å²) >= 11 is 1.30. The number of likely N-dealkylation sites (tertiary alicyclic amines) is 1. The summed E-state index contributed by atoms with van der Waals surface area (Å²) in [6.45, 7) is 2.96. The summed E-state index contributed by atoms with van der Waals surface area (Å²) in [5.74, 6) is 0.0310. The molecule has 1 aromatic heterocycles. The first-order valence-corrected chi connectivity index (χ1v) is 9.69. The third kappa shape index (κ3) is 4.85. The molecule has 3 N–H and O–H groups in total. The molecule has 3 rings (SSSR count). The fourth-order valence-corrected chi connectivity index (χ4v) is 4.40. The topological polar surface area (TPSA) is 80.4 Å². The Labute approximate surface area is 163 Å².